The molecule has 0 bridgehead atoms. The molecular weight excluding hydrogens is 383 g/mol. The van der Waals surface area contributed by atoms with E-state index in [2.05, 4.69) is 28.0 Å². The summed E-state index contributed by atoms with van der Waals surface area (Å²) < 4.78 is 11.1. The third-order valence-electron chi connectivity index (χ3n) is 4.74. The molecule has 0 atom stereocenters. The molecule has 1 fully saturated rings. The lowest BCUT2D eigenvalue weighted by atomic mass is 10.1. The molecule has 0 saturated carbocycles. The molecule has 27 heavy (non-hydrogen) atoms. The lowest BCUT2D eigenvalue weighted by Crippen LogP contribution is -2.47. The summed E-state index contributed by atoms with van der Waals surface area (Å²) in [6.07, 6.45) is 1.08. The van der Waals surface area contributed by atoms with Crippen LogP contribution in [0.25, 0.3) is 0 Å². The maximum atomic E-state index is 5.80. The fourth-order valence-electron chi connectivity index (χ4n) is 3.16. The minimum Gasteiger partial charge on any atom is -0.497 e. The highest BCUT2D eigenvalue weighted by Crippen LogP contribution is 2.14. The van der Waals surface area contributed by atoms with Crippen LogP contribution in [0, 0.1) is 0 Å². The largest absolute Gasteiger partial charge is 0.497 e. The molecule has 0 amide bonds. The summed E-state index contributed by atoms with van der Waals surface area (Å²) in [6, 6.07) is 18.4. The zero-order valence-electron chi connectivity index (χ0n) is 15.9. The van der Waals surface area contributed by atoms with Crippen molar-refractivity contribution in [1.29, 1.82) is 0 Å². The average molecular weight is 413 g/mol. The first-order chi connectivity index (χ1) is 12.3. The smallest absolute Gasteiger partial charge is 0.119 e. The van der Waals surface area contributed by atoms with Gasteiger partial charge in [-0.15, -0.1) is 24.8 Å². The number of hydrogen-bond donors (Lipinski definition) is 0. The molecule has 0 unspecified atom stereocenters. The SMILES string of the molecule is COc1cccc(CCN2CCN(CCOc3ccccc3)CC2)c1.Cl.Cl. The van der Waals surface area contributed by atoms with E-state index < -0.39 is 0 Å². The van der Waals surface area contributed by atoms with E-state index in [1.165, 1.54) is 5.56 Å². The van der Waals surface area contributed by atoms with Gasteiger partial charge in [0.2, 0.25) is 0 Å². The van der Waals surface area contributed by atoms with E-state index in [1.807, 2.05) is 36.4 Å². The van der Waals surface area contributed by atoms with Gasteiger partial charge in [-0.2, -0.15) is 0 Å². The van der Waals surface area contributed by atoms with Crippen molar-refractivity contribution in [1.82, 2.24) is 9.80 Å². The van der Waals surface area contributed by atoms with E-state index >= 15 is 0 Å². The molecule has 1 aliphatic rings. The summed E-state index contributed by atoms with van der Waals surface area (Å²) in [5.74, 6) is 1.90. The lowest BCUT2D eigenvalue weighted by Gasteiger charge is -2.34. The molecule has 1 heterocycles. The van der Waals surface area contributed by atoms with Crippen molar-refractivity contribution in [3.05, 3.63) is 60.2 Å². The van der Waals surface area contributed by atoms with Crippen LogP contribution in [-0.4, -0.2) is 62.8 Å². The Labute approximate surface area is 175 Å². The summed E-state index contributed by atoms with van der Waals surface area (Å²) in [7, 11) is 1.72. The number of methoxy groups -OCH3 is 1. The molecule has 2 aromatic carbocycles. The van der Waals surface area contributed by atoms with E-state index in [0.717, 1.165) is 63.8 Å². The first-order valence-electron chi connectivity index (χ1n) is 9.09. The van der Waals surface area contributed by atoms with Gasteiger partial charge in [-0.05, 0) is 36.2 Å². The maximum Gasteiger partial charge on any atom is 0.119 e. The van der Waals surface area contributed by atoms with Crippen molar-refractivity contribution in [2.45, 2.75) is 6.42 Å². The predicted molar refractivity (Wildman–Crippen MR) is 116 cm³/mol. The molecule has 1 saturated heterocycles. The normalized spacial score (nSPS) is 14.7. The van der Waals surface area contributed by atoms with Crippen molar-refractivity contribution in [2.24, 2.45) is 0 Å². The van der Waals surface area contributed by atoms with Crippen LogP contribution in [0.15, 0.2) is 54.6 Å². The first kappa shape index (κ1) is 23.6. The second-order valence-electron chi connectivity index (χ2n) is 6.45. The van der Waals surface area contributed by atoms with Crippen molar-refractivity contribution >= 4 is 24.8 Å². The zero-order valence-corrected chi connectivity index (χ0v) is 17.5. The van der Waals surface area contributed by atoms with Crippen molar-refractivity contribution in [3.8, 4) is 11.5 Å². The van der Waals surface area contributed by atoms with Crippen molar-refractivity contribution < 1.29 is 9.47 Å². The van der Waals surface area contributed by atoms with Crippen LogP contribution >= 0.6 is 24.8 Å². The average Bonchev–Trinajstić information content (AvgIpc) is 2.68. The fourth-order valence-corrected chi connectivity index (χ4v) is 3.16. The number of hydrogen-bond acceptors (Lipinski definition) is 4. The molecule has 4 nitrogen and oxygen atoms in total. The molecule has 3 rings (SSSR count). The van der Waals surface area contributed by atoms with Gasteiger partial charge in [0.25, 0.3) is 0 Å². The monoisotopic (exact) mass is 412 g/mol. The van der Waals surface area contributed by atoms with Gasteiger partial charge in [0.1, 0.15) is 18.1 Å². The Morgan fingerprint density at radius 3 is 2.07 bits per heavy atom. The highest BCUT2D eigenvalue weighted by atomic mass is 35.5. The quantitative estimate of drug-likeness (QED) is 0.658. The Bertz CT molecular complexity index is 635. The van der Waals surface area contributed by atoms with Gasteiger partial charge in [0.15, 0.2) is 0 Å². The van der Waals surface area contributed by atoms with E-state index in [0.29, 0.717) is 0 Å². The van der Waals surface area contributed by atoms with E-state index in [1.54, 1.807) is 7.11 Å². The van der Waals surface area contributed by atoms with E-state index in [-0.39, 0.29) is 24.8 Å². The van der Waals surface area contributed by atoms with Gasteiger partial charge in [-0.1, -0.05) is 30.3 Å². The van der Waals surface area contributed by atoms with Crippen LogP contribution in [-0.2, 0) is 6.42 Å². The number of nitrogens with zero attached hydrogens (tertiary/aromatic N) is 2. The van der Waals surface area contributed by atoms with Gasteiger partial charge in [0.05, 0.1) is 7.11 Å². The van der Waals surface area contributed by atoms with Crippen molar-refractivity contribution in [3.63, 3.8) is 0 Å². The standard InChI is InChI=1S/C21H28N2O2.2ClH/c1-24-21-9-5-6-19(18-21)10-11-22-12-14-23(15-13-22)16-17-25-20-7-3-2-4-8-20;;/h2-9,18H,10-17H2,1H3;2*1H. The number of ether oxygens (including phenoxy) is 2. The predicted octanol–water partition coefficient (Wildman–Crippen LogP) is 3.78. The summed E-state index contributed by atoms with van der Waals surface area (Å²) in [4.78, 5) is 5.04. The Kier molecular flexibility index (Phi) is 11.2. The lowest BCUT2D eigenvalue weighted by molar-refractivity contribution is 0.118. The van der Waals surface area contributed by atoms with Crippen molar-refractivity contribution in [2.75, 3.05) is 53.0 Å². The van der Waals surface area contributed by atoms with Crippen LogP contribution in [0.3, 0.4) is 0 Å². The van der Waals surface area contributed by atoms with E-state index in [4.69, 9.17) is 9.47 Å². The molecule has 2 aromatic rings. The minimum atomic E-state index is 0. The topological polar surface area (TPSA) is 24.9 Å². The van der Waals surface area contributed by atoms with E-state index in [9.17, 15) is 0 Å². The third-order valence-corrected chi connectivity index (χ3v) is 4.74. The molecule has 1 aliphatic heterocycles. The Morgan fingerprint density at radius 2 is 1.41 bits per heavy atom. The summed E-state index contributed by atoms with van der Waals surface area (Å²) in [5.41, 5.74) is 1.35. The number of halogens is 2. The number of piperazine rings is 1. The minimum absolute atomic E-state index is 0. The summed E-state index contributed by atoms with van der Waals surface area (Å²) in [5, 5.41) is 0. The third kappa shape index (κ3) is 7.97. The molecule has 0 aromatic heterocycles. The van der Waals surface area contributed by atoms with Gasteiger partial charge in [-0.25, -0.2) is 0 Å². The molecule has 6 heteroatoms. The van der Waals surface area contributed by atoms with Gasteiger partial charge in [0, 0.05) is 39.3 Å². The number of para-hydroxylation sites is 1. The molecule has 0 spiro atoms. The Morgan fingerprint density at radius 1 is 0.778 bits per heavy atom. The first-order valence-corrected chi connectivity index (χ1v) is 9.09. The van der Waals surface area contributed by atoms with Crippen LogP contribution in [0.4, 0.5) is 0 Å². The fraction of sp³-hybridized carbons (Fsp3) is 0.429. The van der Waals surface area contributed by atoms with Crippen LogP contribution in [0.1, 0.15) is 5.56 Å². The summed E-state index contributed by atoms with van der Waals surface area (Å²) in [6.45, 7) is 7.38. The second kappa shape index (κ2) is 12.8. The number of benzene rings is 2. The molecule has 0 radical (unpaired) electrons. The molecular formula is C21H30Cl2N2O2. The highest BCUT2D eigenvalue weighted by molar-refractivity contribution is 5.85. The Hall–Kier alpha value is -1.46. The van der Waals surface area contributed by atoms with Crippen LogP contribution < -0.4 is 9.47 Å². The second-order valence-corrected chi connectivity index (χ2v) is 6.45. The summed E-state index contributed by atoms with van der Waals surface area (Å²) >= 11 is 0. The highest BCUT2D eigenvalue weighted by Gasteiger charge is 2.16. The van der Waals surface area contributed by atoms with Crippen LogP contribution in [0.2, 0.25) is 0 Å². The Balaban J connectivity index is 0.00000182. The van der Waals surface area contributed by atoms with Gasteiger partial charge in [-0.3, -0.25) is 4.90 Å². The maximum absolute atomic E-state index is 5.80. The molecule has 0 aliphatic carbocycles. The van der Waals surface area contributed by atoms with Gasteiger partial charge < -0.3 is 14.4 Å². The van der Waals surface area contributed by atoms with Gasteiger partial charge >= 0.3 is 0 Å². The zero-order chi connectivity index (χ0) is 17.3. The molecule has 150 valence electrons. The number of rotatable bonds is 8. The van der Waals surface area contributed by atoms with Crippen LogP contribution in [0.5, 0.6) is 11.5 Å². The molecule has 0 N–H and O–H groups in total.